The van der Waals surface area contributed by atoms with Gasteiger partial charge in [0.1, 0.15) is 0 Å². The van der Waals surface area contributed by atoms with Crippen LogP contribution in [0.15, 0.2) is 0 Å². The molecule has 0 radical (unpaired) electrons. The van der Waals surface area contributed by atoms with Crippen LogP contribution >= 0.6 is 0 Å². The van der Waals surface area contributed by atoms with Gasteiger partial charge in [-0.05, 0) is 42.4 Å². The van der Waals surface area contributed by atoms with E-state index in [1.807, 2.05) is 0 Å². The Morgan fingerprint density at radius 2 is 1.75 bits per heavy atom. The van der Waals surface area contributed by atoms with Crippen molar-refractivity contribution in [2.24, 2.45) is 16.7 Å². The van der Waals surface area contributed by atoms with E-state index >= 15 is 0 Å². The third kappa shape index (κ3) is 4.45. The van der Waals surface area contributed by atoms with Crippen molar-refractivity contribution in [2.75, 3.05) is 6.61 Å². The zero-order chi connectivity index (χ0) is 12.4. The third-order valence-corrected chi connectivity index (χ3v) is 3.73. The average Bonchev–Trinajstić information content (AvgIpc) is 2.52. The van der Waals surface area contributed by atoms with Crippen LogP contribution in [0.2, 0.25) is 0 Å². The van der Waals surface area contributed by atoms with Crippen molar-refractivity contribution in [1.29, 1.82) is 0 Å². The van der Waals surface area contributed by atoms with Crippen LogP contribution in [0.1, 0.15) is 67.2 Å². The Bertz CT molecular complexity index is 200. The SMILES string of the molecule is CC(C)(C)CCC(C1CCCO1)C(C)(C)C. The lowest BCUT2D eigenvalue weighted by Gasteiger charge is -2.36. The summed E-state index contributed by atoms with van der Waals surface area (Å²) in [6.45, 7) is 15.1. The molecule has 1 heteroatoms. The van der Waals surface area contributed by atoms with Gasteiger partial charge in [-0.3, -0.25) is 0 Å². The van der Waals surface area contributed by atoms with E-state index in [9.17, 15) is 0 Å². The fraction of sp³-hybridized carbons (Fsp3) is 1.00. The zero-order valence-corrected chi connectivity index (χ0v) is 12.1. The molecule has 1 fully saturated rings. The van der Waals surface area contributed by atoms with Gasteiger partial charge in [0, 0.05) is 6.61 Å². The topological polar surface area (TPSA) is 9.23 Å². The molecule has 1 nitrogen and oxygen atoms in total. The highest BCUT2D eigenvalue weighted by Crippen LogP contribution is 2.39. The molecule has 0 aromatic carbocycles. The van der Waals surface area contributed by atoms with E-state index in [1.54, 1.807) is 0 Å². The number of rotatable bonds is 3. The van der Waals surface area contributed by atoms with Gasteiger partial charge in [-0.2, -0.15) is 0 Å². The van der Waals surface area contributed by atoms with E-state index in [0.29, 0.717) is 22.9 Å². The molecule has 2 unspecified atom stereocenters. The average molecular weight is 226 g/mol. The smallest absolute Gasteiger partial charge is 0.0609 e. The van der Waals surface area contributed by atoms with Gasteiger partial charge in [0.25, 0.3) is 0 Å². The summed E-state index contributed by atoms with van der Waals surface area (Å²) in [5, 5.41) is 0. The molecule has 1 heterocycles. The van der Waals surface area contributed by atoms with Crippen LogP contribution in [0.25, 0.3) is 0 Å². The summed E-state index contributed by atoms with van der Waals surface area (Å²) in [6, 6.07) is 0. The first-order valence-corrected chi connectivity index (χ1v) is 6.82. The summed E-state index contributed by atoms with van der Waals surface area (Å²) in [5.41, 5.74) is 0.822. The molecule has 0 aliphatic carbocycles. The molecule has 1 saturated heterocycles. The third-order valence-electron chi connectivity index (χ3n) is 3.73. The van der Waals surface area contributed by atoms with Gasteiger partial charge in [-0.1, -0.05) is 41.5 Å². The molecule has 0 aromatic rings. The maximum atomic E-state index is 5.91. The highest BCUT2D eigenvalue weighted by atomic mass is 16.5. The van der Waals surface area contributed by atoms with Crippen molar-refractivity contribution in [3.05, 3.63) is 0 Å². The molecule has 0 saturated carbocycles. The quantitative estimate of drug-likeness (QED) is 0.680. The Kier molecular flexibility index (Phi) is 4.45. The lowest BCUT2D eigenvalue weighted by Crippen LogP contribution is -2.32. The van der Waals surface area contributed by atoms with E-state index < -0.39 is 0 Å². The van der Waals surface area contributed by atoms with Crippen LogP contribution in [0.4, 0.5) is 0 Å². The Morgan fingerprint density at radius 1 is 1.12 bits per heavy atom. The van der Waals surface area contributed by atoms with Crippen LogP contribution in [0, 0.1) is 16.7 Å². The summed E-state index contributed by atoms with van der Waals surface area (Å²) < 4.78 is 5.91. The van der Waals surface area contributed by atoms with E-state index in [1.165, 1.54) is 25.7 Å². The molecule has 1 aliphatic rings. The van der Waals surface area contributed by atoms with Gasteiger partial charge in [0.2, 0.25) is 0 Å². The van der Waals surface area contributed by atoms with Crippen LogP contribution in [0.5, 0.6) is 0 Å². The second kappa shape index (κ2) is 5.08. The monoisotopic (exact) mass is 226 g/mol. The van der Waals surface area contributed by atoms with Crippen LogP contribution in [-0.4, -0.2) is 12.7 Å². The highest BCUT2D eigenvalue weighted by molar-refractivity contribution is 4.84. The fourth-order valence-corrected chi connectivity index (χ4v) is 2.68. The number of ether oxygens (including phenoxy) is 1. The van der Waals surface area contributed by atoms with Crippen molar-refractivity contribution in [2.45, 2.75) is 73.3 Å². The second-order valence-electron chi connectivity index (χ2n) is 7.62. The van der Waals surface area contributed by atoms with Crippen LogP contribution in [0.3, 0.4) is 0 Å². The molecule has 0 spiro atoms. The van der Waals surface area contributed by atoms with E-state index in [2.05, 4.69) is 41.5 Å². The Morgan fingerprint density at radius 3 is 2.12 bits per heavy atom. The molecule has 16 heavy (non-hydrogen) atoms. The van der Waals surface area contributed by atoms with Crippen molar-refractivity contribution in [1.82, 2.24) is 0 Å². The summed E-state index contributed by atoms with van der Waals surface area (Å²) >= 11 is 0. The molecule has 1 rings (SSSR count). The van der Waals surface area contributed by atoms with Crippen molar-refractivity contribution in [3.63, 3.8) is 0 Å². The predicted octanol–water partition coefficient (Wildman–Crippen LogP) is 4.65. The summed E-state index contributed by atoms with van der Waals surface area (Å²) in [7, 11) is 0. The van der Waals surface area contributed by atoms with Gasteiger partial charge in [-0.15, -0.1) is 0 Å². The second-order valence-corrected chi connectivity index (χ2v) is 7.62. The van der Waals surface area contributed by atoms with Crippen LogP contribution in [-0.2, 0) is 4.74 Å². The van der Waals surface area contributed by atoms with Crippen molar-refractivity contribution < 1.29 is 4.74 Å². The van der Waals surface area contributed by atoms with Crippen molar-refractivity contribution >= 4 is 0 Å². The minimum absolute atomic E-state index is 0.375. The Hall–Kier alpha value is -0.0400. The molecule has 0 bridgehead atoms. The largest absolute Gasteiger partial charge is 0.378 e. The number of hydrogen-bond donors (Lipinski definition) is 0. The standard InChI is InChI=1S/C15H30O/c1-14(2,3)10-9-12(15(4,5)6)13-8-7-11-16-13/h12-13H,7-11H2,1-6H3. The van der Waals surface area contributed by atoms with E-state index in [0.717, 1.165) is 6.61 Å². The molecule has 1 aliphatic heterocycles. The summed E-state index contributed by atoms with van der Waals surface area (Å²) in [4.78, 5) is 0. The summed E-state index contributed by atoms with van der Waals surface area (Å²) in [5.74, 6) is 0.717. The Balaban J connectivity index is 2.57. The van der Waals surface area contributed by atoms with Gasteiger partial charge in [0.05, 0.1) is 6.10 Å². The van der Waals surface area contributed by atoms with Crippen LogP contribution < -0.4 is 0 Å². The fourth-order valence-electron chi connectivity index (χ4n) is 2.68. The van der Waals surface area contributed by atoms with Gasteiger partial charge in [-0.25, -0.2) is 0 Å². The molecule has 2 atom stereocenters. The van der Waals surface area contributed by atoms with Gasteiger partial charge < -0.3 is 4.74 Å². The zero-order valence-electron chi connectivity index (χ0n) is 12.1. The predicted molar refractivity (Wildman–Crippen MR) is 70.6 cm³/mol. The lowest BCUT2D eigenvalue weighted by atomic mass is 9.72. The molecule has 0 amide bonds. The maximum absolute atomic E-state index is 5.91. The van der Waals surface area contributed by atoms with Gasteiger partial charge >= 0.3 is 0 Å². The van der Waals surface area contributed by atoms with Crippen molar-refractivity contribution in [3.8, 4) is 0 Å². The van der Waals surface area contributed by atoms with E-state index in [4.69, 9.17) is 4.74 Å². The summed E-state index contributed by atoms with van der Waals surface area (Å²) in [6.07, 6.45) is 5.65. The first-order valence-electron chi connectivity index (χ1n) is 6.82. The van der Waals surface area contributed by atoms with E-state index in [-0.39, 0.29) is 0 Å². The normalized spacial score (nSPS) is 24.8. The highest BCUT2D eigenvalue weighted by Gasteiger charge is 2.35. The van der Waals surface area contributed by atoms with Gasteiger partial charge in [0.15, 0.2) is 0 Å². The molecular weight excluding hydrogens is 196 g/mol. The first-order chi connectivity index (χ1) is 7.20. The minimum Gasteiger partial charge on any atom is -0.378 e. The molecular formula is C15H30O. The Labute approximate surface area is 102 Å². The minimum atomic E-state index is 0.375. The molecule has 96 valence electrons. The lowest BCUT2D eigenvalue weighted by molar-refractivity contribution is 0.00672. The molecule has 0 aromatic heterocycles. The number of hydrogen-bond acceptors (Lipinski definition) is 1. The first kappa shape index (κ1) is 14.0. The molecule has 0 N–H and O–H groups in total. The maximum Gasteiger partial charge on any atom is 0.0609 e.